The number of hydrazone groups is 1. The standard InChI is InChI=1S/C18H12Cl2FN3O4/c1-27-16(25)9-28-17-13(19)4-11(5-14(17)20)8-23-24-18(26)12-3-2-10(7-22)6-15(12)21/h2-6,8H,9H2,1H3,(H,24,26)/b23-8-. The first-order valence-electron chi connectivity index (χ1n) is 7.57. The Morgan fingerprint density at radius 3 is 2.54 bits per heavy atom. The monoisotopic (exact) mass is 423 g/mol. The largest absolute Gasteiger partial charge is 0.479 e. The maximum Gasteiger partial charge on any atom is 0.343 e. The third-order valence-corrected chi connectivity index (χ3v) is 3.87. The highest BCUT2D eigenvalue weighted by molar-refractivity contribution is 6.37. The predicted molar refractivity (Wildman–Crippen MR) is 100 cm³/mol. The maximum atomic E-state index is 13.8. The first-order chi connectivity index (χ1) is 13.3. The van der Waals surface area contributed by atoms with Gasteiger partial charge in [-0.2, -0.15) is 10.4 Å². The normalized spacial score (nSPS) is 10.4. The maximum absolute atomic E-state index is 13.8. The Kier molecular flexibility index (Phi) is 7.32. The molecule has 0 heterocycles. The van der Waals surface area contributed by atoms with E-state index in [1.54, 1.807) is 6.07 Å². The van der Waals surface area contributed by atoms with E-state index >= 15 is 0 Å². The van der Waals surface area contributed by atoms with Crippen molar-refractivity contribution in [3.63, 3.8) is 0 Å². The molecule has 0 fully saturated rings. The van der Waals surface area contributed by atoms with Crippen molar-refractivity contribution < 1.29 is 23.5 Å². The summed E-state index contributed by atoms with van der Waals surface area (Å²) in [6, 6.07) is 8.10. The summed E-state index contributed by atoms with van der Waals surface area (Å²) in [6.07, 6.45) is 1.24. The van der Waals surface area contributed by atoms with Crippen LogP contribution >= 0.6 is 23.2 Å². The van der Waals surface area contributed by atoms with Crippen LogP contribution in [0.3, 0.4) is 0 Å². The minimum absolute atomic E-state index is 0.0922. The number of amides is 1. The zero-order valence-corrected chi connectivity index (χ0v) is 15.8. The molecule has 0 aromatic heterocycles. The molecule has 0 aliphatic rings. The molecular formula is C18H12Cl2FN3O4. The van der Waals surface area contributed by atoms with Gasteiger partial charge in [-0.05, 0) is 35.9 Å². The van der Waals surface area contributed by atoms with Crippen LogP contribution in [0.4, 0.5) is 4.39 Å². The highest BCUT2D eigenvalue weighted by Crippen LogP contribution is 2.33. The predicted octanol–water partition coefficient (Wildman–Crippen LogP) is 3.32. The van der Waals surface area contributed by atoms with E-state index < -0.39 is 17.7 Å². The first kappa shape index (κ1) is 21.2. The van der Waals surface area contributed by atoms with Crippen LogP contribution in [0.15, 0.2) is 35.4 Å². The number of carbonyl (C=O) groups excluding carboxylic acids is 2. The van der Waals surface area contributed by atoms with E-state index in [1.165, 1.54) is 37.6 Å². The number of nitrogens with one attached hydrogen (secondary N) is 1. The van der Waals surface area contributed by atoms with Gasteiger partial charge in [0.2, 0.25) is 0 Å². The number of halogens is 3. The SMILES string of the molecule is COC(=O)COc1c(Cl)cc(/C=N\NC(=O)c2ccc(C#N)cc2F)cc1Cl. The third kappa shape index (κ3) is 5.42. The zero-order chi connectivity index (χ0) is 20.7. The molecule has 1 N–H and O–H groups in total. The number of nitrogens with zero attached hydrogens (tertiary/aromatic N) is 2. The molecule has 2 aromatic rings. The lowest BCUT2D eigenvalue weighted by atomic mass is 10.1. The minimum atomic E-state index is -0.843. The lowest BCUT2D eigenvalue weighted by Crippen LogP contribution is -2.19. The molecule has 0 spiro atoms. The summed E-state index contributed by atoms with van der Waals surface area (Å²) >= 11 is 12.1. The molecule has 10 heteroatoms. The van der Waals surface area contributed by atoms with Crippen LogP contribution < -0.4 is 10.2 Å². The van der Waals surface area contributed by atoms with E-state index in [0.29, 0.717) is 5.56 Å². The van der Waals surface area contributed by atoms with Gasteiger partial charge in [0.1, 0.15) is 5.82 Å². The average molecular weight is 424 g/mol. The van der Waals surface area contributed by atoms with Crippen LogP contribution in [-0.4, -0.2) is 31.8 Å². The van der Waals surface area contributed by atoms with Gasteiger partial charge in [-0.25, -0.2) is 14.6 Å². The summed E-state index contributed by atoms with van der Waals surface area (Å²) in [4.78, 5) is 23.1. The van der Waals surface area contributed by atoms with Crippen LogP contribution in [0, 0.1) is 17.1 Å². The molecule has 0 saturated carbocycles. The second kappa shape index (κ2) is 9.69. The topological polar surface area (TPSA) is 101 Å². The number of nitriles is 1. The number of carbonyl (C=O) groups is 2. The molecule has 1 amide bonds. The second-order valence-corrected chi connectivity index (χ2v) is 6.00. The fourth-order valence-electron chi connectivity index (χ4n) is 1.98. The van der Waals surface area contributed by atoms with Gasteiger partial charge in [-0.15, -0.1) is 0 Å². The van der Waals surface area contributed by atoms with Gasteiger partial charge < -0.3 is 9.47 Å². The van der Waals surface area contributed by atoms with Crippen molar-refractivity contribution >= 4 is 41.3 Å². The van der Waals surface area contributed by atoms with E-state index in [1.807, 2.05) is 0 Å². The van der Waals surface area contributed by atoms with Gasteiger partial charge in [-0.1, -0.05) is 23.2 Å². The van der Waals surface area contributed by atoms with Gasteiger partial charge in [0.25, 0.3) is 5.91 Å². The van der Waals surface area contributed by atoms with E-state index in [-0.39, 0.29) is 33.5 Å². The highest BCUT2D eigenvalue weighted by Gasteiger charge is 2.13. The van der Waals surface area contributed by atoms with E-state index in [2.05, 4.69) is 15.3 Å². The molecular weight excluding hydrogens is 412 g/mol. The molecule has 0 bridgehead atoms. The van der Waals surface area contributed by atoms with Crippen molar-refractivity contribution in [3.8, 4) is 11.8 Å². The Labute approximate surface area is 169 Å². The Balaban J connectivity index is 2.07. The minimum Gasteiger partial charge on any atom is -0.479 e. The Morgan fingerprint density at radius 1 is 1.29 bits per heavy atom. The fourth-order valence-corrected chi connectivity index (χ4v) is 2.59. The summed E-state index contributed by atoms with van der Waals surface area (Å²) in [5.41, 5.74) is 2.40. The lowest BCUT2D eigenvalue weighted by Gasteiger charge is -2.09. The average Bonchev–Trinajstić information content (AvgIpc) is 2.66. The molecule has 2 aromatic carbocycles. The highest BCUT2D eigenvalue weighted by atomic mass is 35.5. The van der Waals surface area contributed by atoms with Crippen LogP contribution in [0.5, 0.6) is 5.75 Å². The molecule has 7 nitrogen and oxygen atoms in total. The van der Waals surface area contributed by atoms with Crippen LogP contribution in [-0.2, 0) is 9.53 Å². The van der Waals surface area contributed by atoms with Crippen LogP contribution in [0.2, 0.25) is 10.0 Å². The molecule has 144 valence electrons. The number of benzene rings is 2. The number of ether oxygens (including phenoxy) is 2. The quantitative estimate of drug-likeness (QED) is 0.436. The number of rotatable bonds is 6. The van der Waals surface area contributed by atoms with Crippen molar-refractivity contribution in [2.75, 3.05) is 13.7 Å². The van der Waals surface area contributed by atoms with Crippen molar-refractivity contribution in [2.45, 2.75) is 0 Å². The van der Waals surface area contributed by atoms with Gasteiger partial charge in [-0.3, -0.25) is 4.79 Å². The lowest BCUT2D eigenvalue weighted by molar-refractivity contribution is -0.142. The summed E-state index contributed by atoms with van der Waals surface area (Å²) < 4.78 is 23.4. The zero-order valence-electron chi connectivity index (χ0n) is 14.3. The van der Waals surface area contributed by atoms with E-state index in [4.69, 9.17) is 33.2 Å². The van der Waals surface area contributed by atoms with Crippen molar-refractivity contribution in [1.29, 1.82) is 5.26 Å². The van der Waals surface area contributed by atoms with Crippen molar-refractivity contribution in [1.82, 2.24) is 5.43 Å². The van der Waals surface area contributed by atoms with Gasteiger partial charge in [0.15, 0.2) is 12.4 Å². The fraction of sp³-hybridized carbons (Fsp3) is 0.111. The Morgan fingerprint density at radius 2 is 1.96 bits per heavy atom. The van der Waals surface area contributed by atoms with Gasteiger partial charge >= 0.3 is 5.97 Å². The second-order valence-electron chi connectivity index (χ2n) is 5.18. The summed E-state index contributed by atoms with van der Waals surface area (Å²) in [5, 5.41) is 12.6. The summed E-state index contributed by atoms with van der Waals surface area (Å²) in [7, 11) is 1.21. The van der Waals surface area contributed by atoms with Gasteiger partial charge in [0.05, 0.1) is 40.6 Å². The Bertz CT molecular complexity index is 966. The number of hydrogen-bond acceptors (Lipinski definition) is 6. The smallest absolute Gasteiger partial charge is 0.343 e. The molecule has 0 aliphatic heterocycles. The van der Waals surface area contributed by atoms with Crippen LogP contribution in [0.1, 0.15) is 21.5 Å². The third-order valence-electron chi connectivity index (χ3n) is 3.31. The van der Waals surface area contributed by atoms with E-state index in [0.717, 1.165) is 6.07 Å². The summed E-state index contributed by atoms with van der Waals surface area (Å²) in [6.45, 7) is -0.365. The first-order valence-corrected chi connectivity index (χ1v) is 8.33. The molecule has 0 saturated heterocycles. The van der Waals surface area contributed by atoms with Crippen molar-refractivity contribution in [3.05, 3.63) is 62.9 Å². The molecule has 28 heavy (non-hydrogen) atoms. The number of methoxy groups -OCH3 is 1. The van der Waals surface area contributed by atoms with Crippen LogP contribution in [0.25, 0.3) is 0 Å². The molecule has 0 aliphatic carbocycles. The number of hydrogen-bond donors (Lipinski definition) is 1. The molecule has 2 rings (SSSR count). The Hall–Kier alpha value is -3.15. The van der Waals surface area contributed by atoms with Gasteiger partial charge in [0, 0.05) is 0 Å². The van der Waals surface area contributed by atoms with E-state index in [9.17, 15) is 14.0 Å². The molecule has 0 radical (unpaired) electrons. The van der Waals surface area contributed by atoms with Crippen molar-refractivity contribution in [2.24, 2.45) is 5.10 Å². The molecule has 0 unspecified atom stereocenters. The number of esters is 1. The molecule has 0 atom stereocenters. The summed E-state index contributed by atoms with van der Waals surface area (Å²) in [5.74, 6) is -2.15.